The second kappa shape index (κ2) is 5.06. The smallest absolute Gasteiger partial charge is 0.276 e. The normalized spacial score (nSPS) is 20.2. The van der Waals surface area contributed by atoms with Crippen LogP contribution in [0.25, 0.3) is 0 Å². The van der Waals surface area contributed by atoms with Gasteiger partial charge in [0.25, 0.3) is 10.2 Å². The molecule has 1 rings (SSSR count). The van der Waals surface area contributed by atoms with Crippen LogP contribution in [0.4, 0.5) is 0 Å². The molecule has 0 amide bonds. The Labute approximate surface area is 85.8 Å². The van der Waals surface area contributed by atoms with Crippen molar-refractivity contribution in [1.82, 2.24) is 9.62 Å². The molecular weight excluding hydrogens is 202 g/mol. The summed E-state index contributed by atoms with van der Waals surface area (Å²) < 4.78 is 23.6. The van der Waals surface area contributed by atoms with Crippen LogP contribution < -0.4 is 10.5 Å². The number of nitrogens with zero attached hydrogens (tertiary/aromatic N) is 1. The Kier molecular flexibility index (Phi) is 4.31. The van der Waals surface area contributed by atoms with Gasteiger partial charge in [-0.25, -0.2) is 5.14 Å². The van der Waals surface area contributed by atoms with Gasteiger partial charge in [-0.15, -0.1) is 0 Å². The highest BCUT2D eigenvalue weighted by Crippen LogP contribution is 2.14. The van der Waals surface area contributed by atoms with Crippen molar-refractivity contribution < 1.29 is 8.42 Å². The summed E-state index contributed by atoms with van der Waals surface area (Å²) in [5.74, 6) is 0.453. The fraction of sp³-hybridized carbons (Fsp3) is 1.00. The van der Waals surface area contributed by atoms with Crippen molar-refractivity contribution in [2.75, 3.05) is 26.2 Å². The van der Waals surface area contributed by atoms with Gasteiger partial charge in [0.15, 0.2) is 0 Å². The molecule has 5 nitrogen and oxygen atoms in total. The molecule has 1 aliphatic rings. The van der Waals surface area contributed by atoms with E-state index in [0.717, 1.165) is 25.9 Å². The molecule has 6 heteroatoms. The Morgan fingerprint density at radius 1 is 1.43 bits per heavy atom. The molecule has 1 heterocycles. The van der Waals surface area contributed by atoms with Gasteiger partial charge in [-0.1, -0.05) is 6.92 Å². The summed E-state index contributed by atoms with van der Waals surface area (Å²) in [6.07, 6.45) is 2.07. The molecule has 1 saturated heterocycles. The quantitative estimate of drug-likeness (QED) is 0.673. The van der Waals surface area contributed by atoms with Gasteiger partial charge in [-0.2, -0.15) is 12.7 Å². The van der Waals surface area contributed by atoms with Gasteiger partial charge in [0.05, 0.1) is 0 Å². The maximum Gasteiger partial charge on any atom is 0.276 e. The van der Waals surface area contributed by atoms with Gasteiger partial charge in [-0.3, -0.25) is 0 Å². The highest BCUT2D eigenvalue weighted by atomic mass is 32.2. The van der Waals surface area contributed by atoms with Crippen LogP contribution in [0, 0.1) is 5.92 Å². The first-order valence-corrected chi connectivity index (χ1v) is 6.53. The zero-order valence-corrected chi connectivity index (χ0v) is 9.39. The summed E-state index contributed by atoms with van der Waals surface area (Å²) in [5.41, 5.74) is 0. The Morgan fingerprint density at radius 2 is 2.00 bits per heavy atom. The fourth-order valence-corrected chi connectivity index (χ4v) is 2.54. The molecule has 1 aliphatic heterocycles. The summed E-state index contributed by atoms with van der Waals surface area (Å²) >= 11 is 0. The number of hydrogen-bond acceptors (Lipinski definition) is 3. The van der Waals surface area contributed by atoms with Crippen molar-refractivity contribution in [3.8, 4) is 0 Å². The predicted octanol–water partition coefficient (Wildman–Crippen LogP) is -0.489. The molecule has 0 aliphatic carbocycles. The van der Waals surface area contributed by atoms with Crippen molar-refractivity contribution in [3.63, 3.8) is 0 Å². The van der Waals surface area contributed by atoms with E-state index in [9.17, 15) is 8.42 Å². The van der Waals surface area contributed by atoms with Crippen LogP contribution in [0.2, 0.25) is 0 Å². The molecule has 3 N–H and O–H groups in total. The standard InChI is InChI=1S/C8H19N3O2S/c1-2-11(14(9,12)13)7-8-3-5-10-6-4-8/h8,10H,2-7H2,1H3,(H2,9,12,13). The van der Waals surface area contributed by atoms with Crippen molar-refractivity contribution in [3.05, 3.63) is 0 Å². The minimum absolute atomic E-state index is 0.453. The van der Waals surface area contributed by atoms with E-state index in [4.69, 9.17) is 5.14 Å². The molecule has 84 valence electrons. The summed E-state index contributed by atoms with van der Waals surface area (Å²) in [7, 11) is -3.50. The number of rotatable bonds is 4. The van der Waals surface area contributed by atoms with Crippen molar-refractivity contribution in [2.45, 2.75) is 19.8 Å². The van der Waals surface area contributed by atoms with Gasteiger partial charge < -0.3 is 5.32 Å². The molecule has 0 aromatic carbocycles. The first-order chi connectivity index (χ1) is 6.54. The van der Waals surface area contributed by atoms with Crippen LogP contribution in [-0.4, -0.2) is 38.9 Å². The lowest BCUT2D eigenvalue weighted by Gasteiger charge is -2.27. The third-order valence-electron chi connectivity index (χ3n) is 2.63. The Morgan fingerprint density at radius 3 is 2.43 bits per heavy atom. The topological polar surface area (TPSA) is 75.4 Å². The van der Waals surface area contributed by atoms with Gasteiger partial charge in [0, 0.05) is 13.1 Å². The largest absolute Gasteiger partial charge is 0.317 e. The summed E-state index contributed by atoms with van der Waals surface area (Å²) in [6, 6.07) is 0. The molecular formula is C8H19N3O2S. The number of nitrogens with two attached hydrogens (primary N) is 1. The van der Waals surface area contributed by atoms with Crippen LogP contribution in [0.1, 0.15) is 19.8 Å². The van der Waals surface area contributed by atoms with Crippen molar-refractivity contribution in [1.29, 1.82) is 0 Å². The Balaban J connectivity index is 2.47. The zero-order valence-electron chi connectivity index (χ0n) is 8.57. The highest BCUT2D eigenvalue weighted by Gasteiger charge is 2.21. The molecule has 0 aromatic rings. The van der Waals surface area contributed by atoms with Gasteiger partial charge in [-0.05, 0) is 31.8 Å². The average Bonchev–Trinajstić information content (AvgIpc) is 2.14. The van der Waals surface area contributed by atoms with Gasteiger partial charge in [0.2, 0.25) is 0 Å². The van der Waals surface area contributed by atoms with Crippen LogP contribution in [0.5, 0.6) is 0 Å². The van der Waals surface area contributed by atoms with E-state index in [-0.39, 0.29) is 0 Å². The first-order valence-electron chi connectivity index (χ1n) is 5.02. The predicted molar refractivity (Wildman–Crippen MR) is 55.9 cm³/mol. The lowest BCUT2D eigenvalue weighted by Crippen LogP contribution is -2.42. The number of hydrogen-bond donors (Lipinski definition) is 2. The summed E-state index contributed by atoms with van der Waals surface area (Å²) in [6.45, 7) is 4.80. The van der Waals surface area contributed by atoms with E-state index >= 15 is 0 Å². The molecule has 0 bridgehead atoms. The molecule has 0 radical (unpaired) electrons. The van der Waals surface area contributed by atoms with Crippen molar-refractivity contribution >= 4 is 10.2 Å². The van der Waals surface area contributed by atoms with Gasteiger partial charge >= 0.3 is 0 Å². The Hall–Kier alpha value is -0.170. The third kappa shape index (κ3) is 3.53. The van der Waals surface area contributed by atoms with E-state index in [0.29, 0.717) is 19.0 Å². The number of piperidine rings is 1. The van der Waals surface area contributed by atoms with E-state index in [2.05, 4.69) is 5.32 Å². The van der Waals surface area contributed by atoms with Crippen LogP contribution >= 0.6 is 0 Å². The lowest BCUT2D eigenvalue weighted by atomic mass is 9.98. The lowest BCUT2D eigenvalue weighted by molar-refractivity contribution is 0.294. The van der Waals surface area contributed by atoms with Crippen molar-refractivity contribution in [2.24, 2.45) is 11.1 Å². The monoisotopic (exact) mass is 221 g/mol. The van der Waals surface area contributed by atoms with Crippen LogP contribution in [0.3, 0.4) is 0 Å². The molecule has 1 fully saturated rings. The molecule has 0 aromatic heterocycles. The molecule has 14 heavy (non-hydrogen) atoms. The molecule has 0 unspecified atom stereocenters. The Bertz CT molecular complexity index is 260. The van der Waals surface area contributed by atoms with E-state index in [1.54, 1.807) is 0 Å². The number of nitrogens with one attached hydrogen (secondary N) is 1. The fourth-order valence-electron chi connectivity index (χ4n) is 1.77. The zero-order chi connectivity index (χ0) is 10.6. The second-order valence-electron chi connectivity index (χ2n) is 3.69. The third-order valence-corrected chi connectivity index (χ3v) is 3.76. The summed E-state index contributed by atoms with van der Waals surface area (Å²) in [4.78, 5) is 0. The second-order valence-corrected chi connectivity index (χ2v) is 5.24. The first kappa shape index (κ1) is 11.9. The maximum atomic E-state index is 11.1. The molecule has 0 atom stereocenters. The van der Waals surface area contributed by atoms with Gasteiger partial charge in [0.1, 0.15) is 0 Å². The maximum absolute atomic E-state index is 11.1. The van der Waals surface area contributed by atoms with E-state index in [1.807, 2.05) is 6.92 Å². The SMILES string of the molecule is CCN(CC1CCNCC1)S(N)(=O)=O. The average molecular weight is 221 g/mol. The minimum atomic E-state index is -3.50. The van der Waals surface area contributed by atoms with Crippen LogP contribution in [0.15, 0.2) is 0 Å². The summed E-state index contributed by atoms with van der Waals surface area (Å²) in [5, 5.41) is 8.34. The van der Waals surface area contributed by atoms with E-state index in [1.165, 1.54) is 4.31 Å². The minimum Gasteiger partial charge on any atom is -0.317 e. The highest BCUT2D eigenvalue weighted by molar-refractivity contribution is 7.86. The molecule has 0 saturated carbocycles. The molecule has 0 spiro atoms. The van der Waals surface area contributed by atoms with Crippen LogP contribution in [-0.2, 0) is 10.2 Å². The van der Waals surface area contributed by atoms with E-state index < -0.39 is 10.2 Å².